The van der Waals surface area contributed by atoms with Crippen LogP contribution in [-0.4, -0.2) is 0 Å². The van der Waals surface area contributed by atoms with Crippen LogP contribution >= 0.6 is 11.3 Å². The minimum atomic E-state index is 0.0531. The van der Waals surface area contributed by atoms with Gasteiger partial charge < -0.3 is 9.32 Å². The Morgan fingerprint density at radius 3 is 1.78 bits per heavy atom. The summed E-state index contributed by atoms with van der Waals surface area (Å²) in [7, 11) is 0. The van der Waals surface area contributed by atoms with E-state index in [9.17, 15) is 0 Å². The molecular weight excluding hydrogens is 675 g/mol. The van der Waals surface area contributed by atoms with E-state index in [1.807, 2.05) is 11.3 Å². The molecule has 0 aliphatic heterocycles. The lowest BCUT2D eigenvalue weighted by molar-refractivity contribution is 0.673. The molecule has 0 N–H and O–H groups in total. The zero-order chi connectivity index (χ0) is 35.6. The molecule has 11 aromatic rings. The molecule has 11 rings (SSSR count). The average molecular weight is 708 g/mol. The van der Waals surface area contributed by atoms with Crippen molar-refractivity contribution in [3.63, 3.8) is 0 Å². The van der Waals surface area contributed by atoms with Crippen molar-refractivity contribution < 1.29 is 4.42 Å². The SMILES string of the molecule is c1ccc(C(c2ccc3c(c2)c2ccccc2c2oc4cc(N(c5ccccc5)c5ccccc5)ccc4c32)c2cccc3sc4ccccc4c23)cc1. The van der Waals surface area contributed by atoms with E-state index in [0.29, 0.717) is 0 Å². The number of thiophene rings is 1. The van der Waals surface area contributed by atoms with Gasteiger partial charge in [0, 0.05) is 65.4 Å². The minimum Gasteiger partial charge on any atom is -0.455 e. The third-order valence-electron chi connectivity index (χ3n) is 10.9. The highest BCUT2D eigenvalue weighted by molar-refractivity contribution is 7.25. The lowest BCUT2D eigenvalue weighted by Gasteiger charge is -2.25. The lowest BCUT2D eigenvalue weighted by atomic mass is 9.82. The number of benzene rings is 9. The maximum atomic E-state index is 6.91. The normalized spacial score (nSPS) is 12.4. The van der Waals surface area contributed by atoms with Crippen LogP contribution in [0.25, 0.3) is 63.7 Å². The van der Waals surface area contributed by atoms with Crippen molar-refractivity contribution >= 4 is 92.1 Å². The van der Waals surface area contributed by atoms with E-state index < -0.39 is 0 Å². The Kier molecular flexibility index (Phi) is 7.14. The Morgan fingerprint density at radius 1 is 0.389 bits per heavy atom. The molecule has 0 amide bonds. The second-order valence-corrected chi connectivity index (χ2v) is 15.1. The Balaban J connectivity index is 1.15. The number of rotatable bonds is 6. The molecule has 0 radical (unpaired) electrons. The standard InChI is InChI=1S/C51H33NOS/c1-4-15-33(16-5-1)48(43-24-14-26-47-49(43)42-23-12-13-25-46(42)54-47)34-27-29-39-44(31-34)38-21-10-11-22-40(38)51-50(39)41-30-28-37(32-45(41)53-51)52(35-17-6-2-7-18-35)36-19-8-3-9-20-36/h1-32,48H. The summed E-state index contributed by atoms with van der Waals surface area (Å²) in [4.78, 5) is 2.29. The average Bonchev–Trinajstić information content (AvgIpc) is 3.82. The first kappa shape index (κ1) is 30.9. The zero-order valence-corrected chi connectivity index (χ0v) is 30.1. The number of hydrogen-bond donors (Lipinski definition) is 0. The Hall–Kier alpha value is -6.68. The molecule has 0 bridgehead atoms. The predicted molar refractivity (Wildman–Crippen MR) is 230 cm³/mol. The largest absolute Gasteiger partial charge is 0.455 e. The fraction of sp³-hybridized carbons (Fsp3) is 0.0196. The highest BCUT2D eigenvalue weighted by atomic mass is 32.1. The van der Waals surface area contributed by atoms with Gasteiger partial charge in [-0.15, -0.1) is 11.3 Å². The number of fused-ring (bicyclic) bond motifs is 11. The van der Waals surface area contributed by atoms with Crippen molar-refractivity contribution in [2.24, 2.45) is 0 Å². The number of nitrogens with zero attached hydrogens (tertiary/aromatic N) is 1. The number of furan rings is 1. The van der Waals surface area contributed by atoms with Gasteiger partial charge in [-0.3, -0.25) is 0 Å². The monoisotopic (exact) mass is 707 g/mol. The molecule has 2 heterocycles. The van der Waals surface area contributed by atoms with Gasteiger partial charge in [0.15, 0.2) is 0 Å². The van der Waals surface area contributed by atoms with Crippen LogP contribution in [0.3, 0.4) is 0 Å². The summed E-state index contributed by atoms with van der Waals surface area (Å²) in [5.74, 6) is 0.0531. The lowest BCUT2D eigenvalue weighted by Crippen LogP contribution is -2.09. The summed E-state index contributed by atoms with van der Waals surface area (Å²) in [5.41, 5.74) is 8.95. The highest BCUT2D eigenvalue weighted by Crippen LogP contribution is 2.47. The van der Waals surface area contributed by atoms with E-state index in [-0.39, 0.29) is 5.92 Å². The van der Waals surface area contributed by atoms with Crippen molar-refractivity contribution in [2.45, 2.75) is 5.92 Å². The fourth-order valence-corrected chi connectivity index (χ4v) is 9.76. The van der Waals surface area contributed by atoms with Gasteiger partial charge in [0.25, 0.3) is 0 Å². The van der Waals surface area contributed by atoms with Crippen molar-refractivity contribution in [1.29, 1.82) is 0 Å². The maximum absolute atomic E-state index is 6.91. The van der Waals surface area contributed by atoms with E-state index in [0.717, 1.165) is 44.4 Å². The molecule has 0 aliphatic carbocycles. The van der Waals surface area contributed by atoms with E-state index in [2.05, 4.69) is 199 Å². The van der Waals surface area contributed by atoms with E-state index >= 15 is 0 Å². The summed E-state index contributed by atoms with van der Waals surface area (Å²) in [5, 5.41) is 9.71. The second kappa shape index (κ2) is 12.5. The quantitative estimate of drug-likeness (QED) is 0.126. The molecule has 0 aliphatic rings. The molecule has 2 nitrogen and oxygen atoms in total. The van der Waals surface area contributed by atoms with Crippen LogP contribution in [-0.2, 0) is 0 Å². The number of para-hydroxylation sites is 2. The predicted octanol–water partition coefficient (Wildman–Crippen LogP) is 14.9. The van der Waals surface area contributed by atoms with Crippen LogP contribution < -0.4 is 4.90 Å². The number of hydrogen-bond acceptors (Lipinski definition) is 3. The molecule has 254 valence electrons. The summed E-state index contributed by atoms with van der Waals surface area (Å²) in [6, 6.07) is 70.2. The van der Waals surface area contributed by atoms with Crippen molar-refractivity contribution in [1.82, 2.24) is 0 Å². The molecule has 0 saturated carbocycles. The van der Waals surface area contributed by atoms with Crippen LogP contribution in [0.4, 0.5) is 17.1 Å². The van der Waals surface area contributed by atoms with Crippen molar-refractivity contribution in [2.75, 3.05) is 4.90 Å². The summed E-state index contributed by atoms with van der Waals surface area (Å²) in [6.07, 6.45) is 0. The van der Waals surface area contributed by atoms with Gasteiger partial charge in [-0.2, -0.15) is 0 Å². The highest BCUT2D eigenvalue weighted by Gasteiger charge is 2.24. The van der Waals surface area contributed by atoms with Gasteiger partial charge in [-0.05, 0) is 87.4 Å². The summed E-state index contributed by atoms with van der Waals surface area (Å²) in [6.45, 7) is 0. The molecule has 1 atom stereocenters. The van der Waals surface area contributed by atoms with Gasteiger partial charge in [-0.1, -0.05) is 133 Å². The first-order valence-corrected chi connectivity index (χ1v) is 19.3. The van der Waals surface area contributed by atoms with Crippen molar-refractivity contribution in [3.8, 4) is 0 Å². The summed E-state index contributed by atoms with van der Waals surface area (Å²) < 4.78 is 9.55. The first-order valence-electron chi connectivity index (χ1n) is 18.5. The Bertz CT molecular complexity index is 3120. The topological polar surface area (TPSA) is 16.4 Å². The second-order valence-electron chi connectivity index (χ2n) is 14.0. The minimum absolute atomic E-state index is 0.0531. The molecule has 9 aromatic carbocycles. The van der Waals surface area contributed by atoms with Crippen LogP contribution in [0.2, 0.25) is 0 Å². The van der Waals surface area contributed by atoms with E-state index in [1.54, 1.807) is 0 Å². The smallest absolute Gasteiger partial charge is 0.143 e. The van der Waals surface area contributed by atoms with Gasteiger partial charge in [0.1, 0.15) is 11.2 Å². The number of anilines is 3. The van der Waals surface area contributed by atoms with Crippen LogP contribution in [0.1, 0.15) is 22.6 Å². The fourth-order valence-electron chi connectivity index (χ4n) is 8.62. The summed E-state index contributed by atoms with van der Waals surface area (Å²) >= 11 is 1.88. The molecule has 1 unspecified atom stereocenters. The molecule has 0 fully saturated rings. The third-order valence-corrected chi connectivity index (χ3v) is 12.1. The van der Waals surface area contributed by atoms with Gasteiger partial charge >= 0.3 is 0 Å². The molecule has 0 spiro atoms. The molecular formula is C51H33NOS. The van der Waals surface area contributed by atoms with Crippen LogP contribution in [0.15, 0.2) is 199 Å². The molecule has 3 heteroatoms. The first-order chi connectivity index (χ1) is 26.8. The van der Waals surface area contributed by atoms with E-state index in [4.69, 9.17) is 4.42 Å². The Labute approximate surface area is 316 Å². The van der Waals surface area contributed by atoms with Crippen LogP contribution in [0, 0.1) is 0 Å². The van der Waals surface area contributed by atoms with Crippen LogP contribution in [0.5, 0.6) is 0 Å². The zero-order valence-electron chi connectivity index (χ0n) is 29.3. The maximum Gasteiger partial charge on any atom is 0.143 e. The van der Waals surface area contributed by atoms with Crippen molar-refractivity contribution in [3.05, 3.63) is 211 Å². The third kappa shape index (κ3) is 4.86. The molecule has 54 heavy (non-hydrogen) atoms. The molecule has 2 aromatic heterocycles. The molecule has 0 saturated heterocycles. The van der Waals surface area contributed by atoms with Gasteiger partial charge in [-0.25, -0.2) is 0 Å². The Morgan fingerprint density at radius 2 is 1.02 bits per heavy atom. The van der Waals surface area contributed by atoms with Gasteiger partial charge in [0.2, 0.25) is 0 Å². The van der Waals surface area contributed by atoms with E-state index in [1.165, 1.54) is 53.0 Å². The van der Waals surface area contributed by atoms with Gasteiger partial charge in [0.05, 0.1) is 0 Å².